The van der Waals surface area contributed by atoms with Crippen LogP contribution in [-0.4, -0.2) is 24.5 Å². The van der Waals surface area contributed by atoms with Crippen molar-refractivity contribution >= 4 is 29.1 Å². The van der Waals surface area contributed by atoms with E-state index in [0.29, 0.717) is 29.2 Å². The summed E-state index contributed by atoms with van der Waals surface area (Å²) in [4.78, 5) is 28.5. The fourth-order valence-electron chi connectivity index (χ4n) is 3.99. The highest BCUT2D eigenvalue weighted by Crippen LogP contribution is 2.36. The number of hydrogen-bond donors (Lipinski definition) is 1. The number of carbonyl (C=O) groups excluding carboxylic acids is 2. The minimum Gasteiger partial charge on any atom is -0.497 e. The largest absolute Gasteiger partial charge is 0.497 e. The molecular weight excluding hydrogens is 412 g/mol. The molecule has 0 spiro atoms. The first kappa shape index (κ1) is 20.9. The zero-order valence-corrected chi connectivity index (χ0v) is 18.1. The Balaban J connectivity index is 1.67. The minimum atomic E-state index is -1.11. The Labute approximate surface area is 186 Å². The molecule has 0 aromatic heterocycles. The van der Waals surface area contributed by atoms with Crippen molar-refractivity contribution in [1.29, 1.82) is 0 Å². The Bertz CT molecular complexity index is 1130. The fourth-order valence-corrected chi connectivity index (χ4v) is 4.18. The number of halogens is 1. The molecule has 0 saturated heterocycles. The number of methoxy groups -OCH3 is 1. The summed E-state index contributed by atoms with van der Waals surface area (Å²) in [5, 5.41) is 3.51. The second kappa shape index (κ2) is 8.44. The molecule has 2 amide bonds. The van der Waals surface area contributed by atoms with Gasteiger partial charge in [-0.2, -0.15) is 0 Å². The Hall–Kier alpha value is -3.31. The summed E-state index contributed by atoms with van der Waals surface area (Å²) in [6.45, 7) is 2.14. The number of amides is 2. The van der Waals surface area contributed by atoms with E-state index in [1.165, 1.54) is 0 Å². The average molecular weight is 435 g/mol. The van der Waals surface area contributed by atoms with Gasteiger partial charge in [0.1, 0.15) is 11.3 Å². The van der Waals surface area contributed by atoms with Crippen molar-refractivity contribution in [3.63, 3.8) is 0 Å². The number of rotatable bonds is 5. The van der Waals surface area contributed by atoms with Gasteiger partial charge in [-0.3, -0.25) is 14.5 Å². The molecule has 0 unspecified atom stereocenters. The monoisotopic (exact) mass is 434 g/mol. The Morgan fingerprint density at radius 2 is 1.84 bits per heavy atom. The first-order valence-electron chi connectivity index (χ1n) is 10.0. The van der Waals surface area contributed by atoms with E-state index in [1.54, 1.807) is 49.3 Å². The summed E-state index contributed by atoms with van der Waals surface area (Å²) in [7, 11) is 1.61. The molecular formula is C25H23ClN2O3. The molecule has 0 radical (unpaired) electrons. The van der Waals surface area contributed by atoms with Gasteiger partial charge in [0.05, 0.1) is 7.11 Å². The highest BCUT2D eigenvalue weighted by Gasteiger charge is 2.47. The number of ether oxygens (including phenoxy) is 1. The normalized spacial score (nSPS) is 17.8. The zero-order chi connectivity index (χ0) is 22.0. The molecule has 1 aliphatic rings. The van der Waals surface area contributed by atoms with Crippen LogP contribution in [0.3, 0.4) is 0 Å². The van der Waals surface area contributed by atoms with Gasteiger partial charge in [0, 0.05) is 29.2 Å². The number of benzene rings is 3. The SMILES string of the molecule is COc1ccc(CNC(=O)[C@@]2(C)Cc3ccccc3C(=O)N2c2cccc(Cl)c2)cc1. The van der Waals surface area contributed by atoms with Crippen LogP contribution in [-0.2, 0) is 17.8 Å². The summed E-state index contributed by atoms with van der Waals surface area (Å²) in [5.74, 6) is 0.306. The minimum absolute atomic E-state index is 0.216. The van der Waals surface area contributed by atoms with Crippen LogP contribution in [0, 0.1) is 0 Å². The number of nitrogens with one attached hydrogen (secondary N) is 1. The summed E-state index contributed by atoms with van der Waals surface area (Å²) >= 11 is 6.20. The van der Waals surface area contributed by atoms with Gasteiger partial charge >= 0.3 is 0 Å². The maximum atomic E-state index is 13.5. The van der Waals surface area contributed by atoms with Crippen LogP contribution in [0.2, 0.25) is 5.02 Å². The third kappa shape index (κ3) is 4.01. The predicted molar refractivity (Wildman–Crippen MR) is 122 cm³/mol. The molecule has 5 nitrogen and oxygen atoms in total. The molecule has 1 aliphatic heterocycles. The highest BCUT2D eigenvalue weighted by atomic mass is 35.5. The predicted octanol–water partition coefficient (Wildman–Crippen LogP) is 4.63. The molecule has 0 fully saturated rings. The fraction of sp³-hybridized carbons (Fsp3) is 0.200. The second-order valence-electron chi connectivity index (χ2n) is 7.76. The van der Waals surface area contributed by atoms with Gasteiger partial charge in [0.25, 0.3) is 5.91 Å². The highest BCUT2D eigenvalue weighted by molar-refractivity contribution is 6.31. The second-order valence-corrected chi connectivity index (χ2v) is 8.20. The van der Waals surface area contributed by atoms with Crippen molar-refractivity contribution in [2.24, 2.45) is 0 Å². The zero-order valence-electron chi connectivity index (χ0n) is 17.4. The molecule has 4 rings (SSSR count). The topological polar surface area (TPSA) is 58.6 Å². The van der Waals surface area contributed by atoms with Crippen molar-refractivity contribution in [3.8, 4) is 5.75 Å². The molecule has 31 heavy (non-hydrogen) atoms. The third-order valence-electron chi connectivity index (χ3n) is 5.65. The van der Waals surface area contributed by atoms with E-state index in [1.807, 2.05) is 42.5 Å². The van der Waals surface area contributed by atoms with Gasteiger partial charge < -0.3 is 10.1 Å². The molecule has 158 valence electrons. The molecule has 1 N–H and O–H groups in total. The number of nitrogens with zero attached hydrogens (tertiary/aromatic N) is 1. The van der Waals surface area contributed by atoms with Gasteiger partial charge in [0.15, 0.2) is 0 Å². The Kier molecular flexibility index (Phi) is 5.70. The summed E-state index contributed by atoms with van der Waals surface area (Å²) in [6.07, 6.45) is 0.399. The summed E-state index contributed by atoms with van der Waals surface area (Å²) < 4.78 is 5.18. The van der Waals surface area contributed by atoms with Gasteiger partial charge in [-0.1, -0.05) is 48.0 Å². The van der Waals surface area contributed by atoms with Crippen molar-refractivity contribution in [1.82, 2.24) is 5.32 Å². The van der Waals surface area contributed by atoms with Crippen LogP contribution in [0.25, 0.3) is 0 Å². The summed E-state index contributed by atoms with van der Waals surface area (Å²) in [6, 6.07) is 21.9. The first-order chi connectivity index (χ1) is 14.9. The smallest absolute Gasteiger partial charge is 0.259 e. The van der Waals surface area contributed by atoms with E-state index in [9.17, 15) is 9.59 Å². The van der Waals surface area contributed by atoms with E-state index < -0.39 is 5.54 Å². The maximum absolute atomic E-state index is 13.5. The van der Waals surface area contributed by atoms with Crippen molar-refractivity contribution in [2.75, 3.05) is 12.0 Å². The lowest BCUT2D eigenvalue weighted by atomic mass is 9.82. The molecule has 3 aromatic carbocycles. The van der Waals surface area contributed by atoms with Crippen molar-refractivity contribution in [3.05, 3.63) is 94.5 Å². The van der Waals surface area contributed by atoms with Crippen LogP contribution in [0.4, 0.5) is 5.69 Å². The number of fused-ring (bicyclic) bond motifs is 1. The molecule has 1 atom stereocenters. The van der Waals surface area contributed by atoms with E-state index in [0.717, 1.165) is 16.9 Å². The van der Waals surface area contributed by atoms with Gasteiger partial charge in [-0.15, -0.1) is 0 Å². The Morgan fingerprint density at radius 3 is 2.55 bits per heavy atom. The van der Waals surface area contributed by atoms with E-state index >= 15 is 0 Å². The molecule has 0 bridgehead atoms. The lowest BCUT2D eigenvalue weighted by Gasteiger charge is -2.44. The third-order valence-corrected chi connectivity index (χ3v) is 5.88. The molecule has 0 saturated carbocycles. The van der Waals surface area contributed by atoms with Crippen molar-refractivity contribution < 1.29 is 14.3 Å². The summed E-state index contributed by atoms with van der Waals surface area (Å²) in [5.41, 5.74) is 1.88. The number of anilines is 1. The first-order valence-corrected chi connectivity index (χ1v) is 10.4. The molecule has 1 heterocycles. The maximum Gasteiger partial charge on any atom is 0.259 e. The van der Waals surface area contributed by atoms with Gasteiger partial charge in [-0.05, 0) is 54.4 Å². The van der Waals surface area contributed by atoms with Crippen LogP contribution < -0.4 is 15.0 Å². The quantitative estimate of drug-likeness (QED) is 0.637. The average Bonchev–Trinajstić information content (AvgIpc) is 2.78. The van der Waals surface area contributed by atoms with E-state index in [-0.39, 0.29) is 11.8 Å². The van der Waals surface area contributed by atoms with Crippen LogP contribution in [0.1, 0.15) is 28.4 Å². The van der Waals surface area contributed by atoms with Crippen LogP contribution in [0.15, 0.2) is 72.8 Å². The van der Waals surface area contributed by atoms with E-state index in [2.05, 4.69) is 5.32 Å². The number of hydrogen-bond acceptors (Lipinski definition) is 3. The molecule has 6 heteroatoms. The molecule has 3 aromatic rings. The standard InChI is InChI=1S/C25H23ClN2O3/c1-25(24(30)27-16-17-10-12-21(31-2)13-11-17)15-18-6-3-4-9-22(18)23(29)28(25)20-8-5-7-19(26)14-20/h3-14H,15-16H2,1-2H3,(H,27,30)/t25-/m1/s1. The van der Waals surface area contributed by atoms with Gasteiger partial charge in [-0.25, -0.2) is 0 Å². The van der Waals surface area contributed by atoms with Crippen LogP contribution >= 0.6 is 11.6 Å². The lowest BCUT2D eigenvalue weighted by molar-refractivity contribution is -0.126. The van der Waals surface area contributed by atoms with Gasteiger partial charge in [0.2, 0.25) is 5.91 Å². The lowest BCUT2D eigenvalue weighted by Crippen LogP contribution is -2.63. The van der Waals surface area contributed by atoms with Crippen molar-refractivity contribution in [2.45, 2.75) is 25.4 Å². The van der Waals surface area contributed by atoms with E-state index in [4.69, 9.17) is 16.3 Å². The number of carbonyl (C=O) groups is 2. The molecule has 0 aliphatic carbocycles. The Morgan fingerprint density at radius 1 is 1.10 bits per heavy atom. The van der Waals surface area contributed by atoms with Crippen LogP contribution in [0.5, 0.6) is 5.75 Å².